The van der Waals surface area contributed by atoms with Gasteiger partial charge in [-0.05, 0) is 47.9 Å². The highest BCUT2D eigenvalue weighted by atomic mass is 16.5. The molecule has 2 aromatic carbocycles. The summed E-state index contributed by atoms with van der Waals surface area (Å²) in [6.07, 6.45) is 6.43. The van der Waals surface area contributed by atoms with E-state index in [0.29, 0.717) is 31.2 Å². The molecule has 34 heavy (non-hydrogen) atoms. The minimum atomic E-state index is 0.0693. The van der Waals surface area contributed by atoms with E-state index in [1.54, 1.807) is 0 Å². The van der Waals surface area contributed by atoms with Gasteiger partial charge in [0.05, 0.1) is 24.9 Å². The van der Waals surface area contributed by atoms with Gasteiger partial charge in [0.2, 0.25) is 0 Å². The third-order valence-electron chi connectivity index (χ3n) is 7.01. The first-order valence-corrected chi connectivity index (χ1v) is 11.9. The number of para-hydroxylation sites is 1. The van der Waals surface area contributed by atoms with Gasteiger partial charge >= 0.3 is 0 Å². The number of nitrogens with one attached hydrogen (secondary N) is 1. The molecule has 1 amide bonds. The molecule has 0 aliphatic carbocycles. The van der Waals surface area contributed by atoms with Crippen molar-refractivity contribution >= 4 is 22.5 Å². The maximum absolute atomic E-state index is 13.9. The minimum Gasteiger partial charge on any atom is -0.378 e. The number of anilines is 1. The SMILES string of the molecule is O=C(c1cc2[nH]ncc2cc1-c1ccccc1N1CCOCC1)N1CCC(c2ccncc2)C1. The van der Waals surface area contributed by atoms with Crippen LogP contribution in [-0.2, 0) is 4.74 Å². The monoisotopic (exact) mass is 453 g/mol. The maximum atomic E-state index is 13.9. The summed E-state index contributed by atoms with van der Waals surface area (Å²) in [7, 11) is 0. The van der Waals surface area contributed by atoms with Gasteiger partial charge < -0.3 is 14.5 Å². The van der Waals surface area contributed by atoms with Crippen molar-refractivity contribution in [2.45, 2.75) is 12.3 Å². The molecule has 0 bridgehead atoms. The van der Waals surface area contributed by atoms with Gasteiger partial charge in [-0.25, -0.2) is 0 Å². The third-order valence-corrected chi connectivity index (χ3v) is 7.01. The lowest BCUT2D eigenvalue weighted by molar-refractivity contribution is 0.0791. The van der Waals surface area contributed by atoms with Crippen molar-refractivity contribution < 1.29 is 9.53 Å². The van der Waals surface area contributed by atoms with Crippen LogP contribution < -0.4 is 4.90 Å². The van der Waals surface area contributed by atoms with E-state index in [1.807, 2.05) is 35.6 Å². The number of amides is 1. The van der Waals surface area contributed by atoms with Crippen molar-refractivity contribution in [1.82, 2.24) is 20.1 Å². The first kappa shape index (κ1) is 20.9. The van der Waals surface area contributed by atoms with Crippen LogP contribution >= 0.6 is 0 Å². The Morgan fingerprint density at radius 2 is 1.82 bits per heavy atom. The molecular formula is C27H27N5O2. The smallest absolute Gasteiger partial charge is 0.254 e. The van der Waals surface area contributed by atoms with Crippen molar-refractivity contribution in [1.29, 1.82) is 0 Å². The first-order valence-electron chi connectivity index (χ1n) is 11.9. The van der Waals surface area contributed by atoms with Crippen molar-refractivity contribution in [3.8, 4) is 11.1 Å². The number of aromatic amines is 1. The number of hydrogen-bond acceptors (Lipinski definition) is 5. The van der Waals surface area contributed by atoms with E-state index < -0.39 is 0 Å². The molecule has 0 radical (unpaired) electrons. The number of likely N-dealkylation sites (tertiary alicyclic amines) is 1. The summed E-state index contributed by atoms with van der Waals surface area (Å²) in [6.45, 7) is 4.57. The summed E-state index contributed by atoms with van der Waals surface area (Å²) in [5, 5.41) is 8.26. The normalized spacial score (nSPS) is 18.5. The molecule has 1 atom stereocenters. The number of carbonyl (C=O) groups excluding carboxylic acids is 1. The van der Waals surface area contributed by atoms with Crippen LogP contribution in [0, 0.1) is 0 Å². The van der Waals surface area contributed by atoms with Crippen LogP contribution in [0.1, 0.15) is 28.3 Å². The standard InChI is InChI=1S/C27H27N5O2/c33-27(32-10-7-20(18-32)19-5-8-28-9-6-19)24-16-25-21(17-29-30-25)15-23(24)22-3-1-2-4-26(22)31-11-13-34-14-12-31/h1-6,8-9,15-17,20H,7,10-14,18H2,(H,29,30). The van der Waals surface area contributed by atoms with E-state index >= 15 is 0 Å². The summed E-state index contributed by atoms with van der Waals surface area (Å²) in [4.78, 5) is 22.4. The molecule has 1 N–H and O–H groups in total. The van der Waals surface area contributed by atoms with Gasteiger partial charge in [-0.3, -0.25) is 14.9 Å². The zero-order valence-corrected chi connectivity index (χ0v) is 19.0. The number of ether oxygens (including phenoxy) is 1. The average Bonchev–Trinajstić information content (AvgIpc) is 3.58. The summed E-state index contributed by atoms with van der Waals surface area (Å²) < 4.78 is 5.57. The second kappa shape index (κ2) is 8.91. The number of morpholine rings is 1. The van der Waals surface area contributed by atoms with E-state index in [-0.39, 0.29) is 5.91 Å². The van der Waals surface area contributed by atoms with Gasteiger partial charge in [-0.15, -0.1) is 0 Å². The van der Waals surface area contributed by atoms with Crippen molar-refractivity contribution in [2.75, 3.05) is 44.3 Å². The number of aromatic nitrogens is 3. The Morgan fingerprint density at radius 1 is 1.00 bits per heavy atom. The molecular weight excluding hydrogens is 426 g/mol. The number of hydrogen-bond donors (Lipinski definition) is 1. The van der Waals surface area contributed by atoms with Crippen LogP contribution in [0.5, 0.6) is 0 Å². The lowest BCUT2D eigenvalue weighted by Gasteiger charge is -2.31. The first-order chi connectivity index (χ1) is 16.8. The Kier molecular flexibility index (Phi) is 5.47. The lowest BCUT2D eigenvalue weighted by Crippen LogP contribution is -2.36. The Balaban J connectivity index is 1.39. The van der Waals surface area contributed by atoms with E-state index in [4.69, 9.17) is 4.74 Å². The highest BCUT2D eigenvalue weighted by molar-refractivity contribution is 6.06. The molecule has 0 spiro atoms. The topological polar surface area (TPSA) is 74.3 Å². The van der Waals surface area contributed by atoms with E-state index in [0.717, 1.165) is 53.8 Å². The number of nitrogens with zero attached hydrogens (tertiary/aromatic N) is 4. The fraction of sp³-hybridized carbons (Fsp3) is 0.296. The van der Waals surface area contributed by atoms with Gasteiger partial charge in [-0.1, -0.05) is 18.2 Å². The van der Waals surface area contributed by atoms with E-state index in [2.05, 4.69) is 56.5 Å². The number of fused-ring (bicyclic) bond motifs is 1. The Morgan fingerprint density at radius 3 is 2.68 bits per heavy atom. The molecule has 2 aromatic heterocycles. The van der Waals surface area contributed by atoms with Crippen LogP contribution in [0.3, 0.4) is 0 Å². The second-order valence-corrected chi connectivity index (χ2v) is 8.99. The van der Waals surface area contributed by atoms with E-state index in [9.17, 15) is 4.79 Å². The quantitative estimate of drug-likeness (QED) is 0.504. The van der Waals surface area contributed by atoms with E-state index in [1.165, 1.54) is 5.56 Å². The number of pyridine rings is 1. The second-order valence-electron chi connectivity index (χ2n) is 8.99. The van der Waals surface area contributed by atoms with Crippen LogP contribution in [0.25, 0.3) is 22.0 Å². The Hall–Kier alpha value is -3.71. The molecule has 4 heterocycles. The molecule has 2 aliphatic rings. The van der Waals surface area contributed by atoms with Gasteiger partial charge in [0.15, 0.2) is 0 Å². The number of carbonyl (C=O) groups is 1. The highest BCUT2D eigenvalue weighted by Crippen LogP contribution is 2.37. The van der Waals surface area contributed by atoms with Crippen molar-refractivity contribution in [2.24, 2.45) is 0 Å². The molecule has 7 nitrogen and oxygen atoms in total. The van der Waals surface area contributed by atoms with Crippen LogP contribution in [-0.4, -0.2) is 65.4 Å². The van der Waals surface area contributed by atoms with Crippen molar-refractivity contribution in [3.05, 3.63) is 78.2 Å². The van der Waals surface area contributed by atoms with Crippen LogP contribution in [0.15, 0.2) is 67.1 Å². The predicted octanol–water partition coefficient (Wildman–Crippen LogP) is 4.09. The molecule has 2 fully saturated rings. The van der Waals surface area contributed by atoms with Crippen LogP contribution in [0.4, 0.5) is 5.69 Å². The Bertz CT molecular complexity index is 1310. The number of rotatable bonds is 4. The zero-order valence-electron chi connectivity index (χ0n) is 19.0. The molecule has 2 aliphatic heterocycles. The van der Waals surface area contributed by atoms with Gasteiger partial charge in [-0.2, -0.15) is 5.10 Å². The lowest BCUT2D eigenvalue weighted by atomic mass is 9.95. The molecule has 1 unspecified atom stereocenters. The summed E-state index contributed by atoms with van der Waals surface area (Å²) in [6, 6.07) is 16.5. The van der Waals surface area contributed by atoms with Gasteiger partial charge in [0.25, 0.3) is 5.91 Å². The van der Waals surface area contributed by atoms with Crippen LogP contribution in [0.2, 0.25) is 0 Å². The summed E-state index contributed by atoms with van der Waals surface area (Å²) in [5.41, 5.74) is 5.99. The highest BCUT2D eigenvalue weighted by Gasteiger charge is 2.30. The molecule has 4 aromatic rings. The minimum absolute atomic E-state index is 0.0693. The molecule has 7 heteroatoms. The fourth-order valence-electron chi connectivity index (χ4n) is 5.20. The zero-order chi connectivity index (χ0) is 22.9. The Labute approximate surface area is 198 Å². The fourth-order valence-corrected chi connectivity index (χ4v) is 5.20. The maximum Gasteiger partial charge on any atom is 0.254 e. The predicted molar refractivity (Wildman–Crippen MR) is 132 cm³/mol. The van der Waals surface area contributed by atoms with Crippen molar-refractivity contribution in [3.63, 3.8) is 0 Å². The van der Waals surface area contributed by atoms with Gasteiger partial charge in [0.1, 0.15) is 0 Å². The molecule has 2 saturated heterocycles. The largest absolute Gasteiger partial charge is 0.378 e. The molecule has 6 rings (SSSR count). The number of H-pyrrole nitrogens is 1. The molecule has 172 valence electrons. The summed E-state index contributed by atoms with van der Waals surface area (Å²) >= 11 is 0. The number of benzene rings is 2. The average molecular weight is 454 g/mol. The third kappa shape index (κ3) is 3.82. The summed E-state index contributed by atoms with van der Waals surface area (Å²) in [5.74, 6) is 0.409. The molecule has 0 saturated carbocycles. The van der Waals surface area contributed by atoms with Gasteiger partial charge in [0, 0.05) is 66.7 Å².